The summed E-state index contributed by atoms with van der Waals surface area (Å²) in [5.74, 6) is 0.441. The molecule has 0 unspecified atom stereocenters. The maximum atomic E-state index is 13.4. The minimum atomic E-state index is -0.473. The van der Waals surface area contributed by atoms with Crippen LogP contribution in [0.3, 0.4) is 0 Å². The Bertz CT molecular complexity index is 1600. The van der Waals surface area contributed by atoms with Crippen LogP contribution in [0.2, 0.25) is 15.5 Å². The van der Waals surface area contributed by atoms with Crippen LogP contribution in [0.25, 0.3) is 38.8 Å². The molecule has 0 aliphatic rings. The van der Waals surface area contributed by atoms with E-state index in [-0.39, 0.29) is 16.0 Å². The SMILES string of the molecule is C[C@H](N)c1nc2cccc(Cl)c2c(=O)n1-c1ccc(-c2cnc3c(Cl)nc(Cl)nc3c2)cc1. The van der Waals surface area contributed by atoms with Gasteiger partial charge in [-0.2, -0.15) is 0 Å². The highest BCUT2D eigenvalue weighted by Gasteiger charge is 2.17. The Kier molecular flexibility index (Phi) is 5.50. The van der Waals surface area contributed by atoms with Crippen molar-refractivity contribution in [3.63, 3.8) is 0 Å². The monoisotopic (exact) mass is 496 g/mol. The highest BCUT2D eigenvalue weighted by Crippen LogP contribution is 2.27. The lowest BCUT2D eigenvalue weighted by atomic mass is 10.1. The molecule has 0 spiro atoms. The number of hydrogen-bond donors (Lipinski definition) is 1. The van der Waals surface area contributed by atoms with Crippen LogP contribution in [0.1, 0.15) is 18.8 Å². The van der Waals surface area contributed by atoms with Crippen molar-refractivity contribution in [3.05, 3.63) is 86.4 Å². The average molecular weight is 498 g/mol. The van der Waals surface area contributed by atoms with Gasteiger partial charge < -0.3 is 5.73 Å². The van der Waals surface area contributed by atoms with E-state index >= 15 is 0 Å². The Morgan fingerprint density at radius 2 is 1.70 bits per heavy atom. The largest absolute Gasteiger partial charge is 0.322 e. The Labute approximate surface area is 202 Å². The number of aromatic nitrogens is 5. The molecule has 5 aromatic rings. The quantitative estimate of drug-likeness (QED) is 0.266. The Balaban J connectivity index is 1.64. The molecule has 0 aliphatic heterocycles. The Hall–Kier alpha value is -3.10. The van der Waals surface area contributed by atoms with Crippen molar-refractivity contribution in [2.24, 2.45) is 5.73 Å². The van der Waals surface area contributed by atoms with E-state index in [4.69, 9.17) is 40.5 Å². The number of hydrogen-bond acceptors (Lipinski definition) is 6. The summed E-state index contributed by atoms with van der Waals surface area (Å²) in [7, 11) is 0. The van der Waals surface area contributed by atoms with Gasteiger partial charge in [-0.1, -0.05) is 41.4 Å². The molecule has 2 aromatic carbocycles. The minimum absolute atomic E-state index is 0.0482. The van der Waals surface area contributed by atoms with Gasteiger partial charge in [0.05, 0.1) is 33.2 Å². The first-order chi connectivity index (χ1) is 15.8. The van der Waals surface area contributed by atoms with Crippen LogP contribution < -0.4 is 11.3 Å². The van der Waals surface area contributed by atoms with Crippen LogP contribution in [0, 0.1) is 0 Å². The first kappa shape index (κ1) is 21.7. The third-order valence-corrected chi connectivity index (χ3v) is 5.95. The third kappa shape index (κ3) is 3.83. The van der Waals surface area contributed by atoms with E-state index in [1.165, 1.54) is 4.57 Å². The number of nitrogens with zero attached hydrogens (tertiary/aromatic N) is 5. The Morgan fingerprint density at radius 3 is 2.42 bits per heavy atom. The highest BCUT2D eigenvalue weighted by molar-refractivity contribution is 6.35. The molecular weight excluding hydrogens is 483 g/mol. The van der Waals surface area contributed by atoms with Crippen molar-refractivity contribution in [3.8, 4) is 16.8 Å². The standard InChI is InChI=1S/C23H15Cl3N6O/c1-11(27)21-29-16-4-2-3-15(24)18(16)22(33)32(21)14-7-5-12(6-8-14)13-9-17-19(28-10-13)20(25)31-23(26)30-17/h2-11H,27H2,1H3/t11-/m0/s1. The number of halogens is 3. The molecule has 0 bridgehead atoms. The van der Waals surface area contributed by atoms with E-state index in [0.29, 0.717) is 38.5 Å². The molecule has 3 heterocycles. The van der Waals surface area contributed by atoms with Gasteiger partial charge in [0.2, 0.25) is 5.28 Å². The van der Waals surface area contributed by atoms with Gasteiger partial charge in [0.1, 0.15) is 11.3 Å². The van der Waals surface area contributed by atoms with E-state index in [1.807, 2.05) is 30.3 Å². The van der Waals surface area contributed by atoms with E-state index in [0.717, 1.165) is 11.1 Å². The number of benzene rings is 2. The van der Waals surface area contributed by atoms with Crippen molar-refractivity contribution >= 4 is 56.7 Å². The summed E-state index contributed by atoms with van der Waals surface area (Å²) >= 11 is 18.3. The second-order valence-electron chi connectivity index (χ2n) is 7.46. The van der Waals surface area contributed by atoms with Crippen molar-refractivity contribution in [1.29, 1.82) is 0 Å². The van der Waals surface area contributed by atoms with Gasteiger partial charge in [0.15, 0.2) is 5.15 Å². The molecule has 0 aliphatic carbocycles. The number of nitrogens with two attached hydrogens (primary N) is 1. The number of pyridine rings is 1. The van der Waals surface area contributed by atoms with Gasteiger partial charge in [0.25, 0.3) is 5.56 Å². The predicted molar refractivity (Wildman–Crippen MR) is 131 cm³/mol. The zero-order valence-electron chi connectivity index (χ0n) is 17.1. The predicted octanol–water partition coefficient (Wildman–Crippen LogP) is 5.37. The van der Waals surface area contributed by atoms with Gasteiger partial charge in [-0.05, 0) is 54.4 Å². The molecule has 2 N–H and O–H groups in total. The molecule has 33 heavy (non-hydrogen) atoms. The van der Waals surface area contributed by atoms with Gasteiger partial charge >= 0.3 is 0 Å². The first-order valence-electron chi connectivity index (χ1n) is 9.90. The van der Waals surface area contributed by atoms with Gasteiger partial charge in [-0.15, -0.1) is 0 Å². The molecule has 3 aromatic heterocycles. The zero-order valence-corrected chi connectivity index (χ0v) is 19.4. The molecule has 0 radical (unpaired) electrons. The summed E-state index contributed by atoms with van der Waals surface area (Å²) in [6.07, 6.45) is 1.68. The summed E-state index contributed by atoms with van der Waals surface area (Å²) in [6, 6.07) is 13.9. The fraction of sp³-hybridized carbons (Fsp3) is 0.0870. The summed E-state index contributed by atoms with van der Waals surface area (Å²) in [5, 5.41) is 0.928. The zero-order chi connectivity index (χ0) is 23.3. The maximum absolute atomic E-state index is 13.4. The lowest BCUT2D eigenvalue weighted by molar-refractivity contribution is 0.696. The molecule has 0 saturated carbocycles. The van der Waals surface area contributed by atoms with E-state index < -0.39 is 6.04 Å². The van der Waals surface area contributed by atoms with Gasteiger partial charge in [-0.3, -0.25) is 14.3 Å². The van der Waals surface area contributed by atoms with Gasteiger partial charge in [0, 0.05) is 11.8 Å². The summed E-state index contributed by atoms with van der Waals surface area (Å²) in [4.78, 5) is 30.4. The molecule has 1 atom stereocenters. The molecular formula is C23H15Cl3N6O. The van der Waals surface area contributed by atoms with E-state index in [2.05, 4.69) is 19.9 Å². The van der Waals surface area contributed by atoms with E-state index in [9.17, 15) is 4.79 Å². The average Bonchev–Trinajstić information content (AvgIpc) is 2.78. The van der Waals surface area contributed by atoms with E-state index in [1.54, 1.807) is 31.3 Å². The molecule has 0 fully saturated rings. The normalized spacial score (nSPS) is 12.4. The molecule has 0 saturated heterocycles. The van der Waals surface area contributed by atoms with Crippen LogP contribution in [-0.2, 0) is 0 Å². The molecule has 164 valence electrons. The van der Waals surface area contributed by atoms with Crippen molar-refractivity contribution in [2.75, 3.05) is 0 Å². The number of rotatable bonds is 3. The summed E-state index contributed by atoms with van der Waals surface area (Å²) in [5.41, 5.74) is 9.67. The molecule has 10 heteroatoms. The molecule has 5 rings (SSSR count). The third-order valence-electron chi connectivity index (χ3n) is 5.20. The topological polar surface area (TPSA) is 99.6 Å². The van der Waals surface area contributed by atoms with Crippen molar-refractivity contribution in [1.82, 2.24) is 24.5 Å². The summed E-state index contributed by atoms with van der Waals surface area (Å²) < 4.78 is 1.49. The van der Waals surface area contributed by atoms with Crippen molar-refractivity contribution < 1.29 is 0 Å². The summed E-state index contributed by atoms with van der Waals surface area (Å²) in [6.45, 7) is 1.78. The second kappa shape index (κ2) is 8.35. The Morgan fingerprint density at radius 1 is 0.939 bits per heavy atom. The van der Waals surface area contributed by atoms with Crippen LogP contribution in [0.5, 0.6) is 0 Å². The fourth-order valence-corrected chi connectivity index (χ4v) is 4.37. The number of fused-ring (bicyclic) bond motifs is 2. The van der Waals surface area contributed by atoms with Crippen molar-refractivity contribution in [2.45, 2.75) is 13.0 Å². The van der Waals surface area contributed by atoms with Crippen LogP contribution in [0.15, 0.2) is 59.5 Å². The maximum Gasteiger partial charge on any atom is 0.267 e. The van der Waals surface area contributed by atoms with Crippen LogP contribution in [0.4, 0.5) is 0 Å². The molecule has 0 amide bonds. The highest BCUT2D eigenvalue weighted by atomic mass is 35.5. The second-order valence-corrected chi connectivity index (χ2v) is 8.56. The lowest BCUT2D eigenvalue weighted by Gasteiger charge is -2.16. The smallest absolute Gasteiger partial charge is 0.267 e. The fourth-order valence-electron chi connectivity index (χ4n) is 3.68. The first-order valence-corrected chi connectivity index (χ1v) is 11.0. The molecule has 7 nitrogen and oxygen atoms in total. The minimum Gasteiger partial charge on any atom is -0.322 e. The lowest BCUT2D eigenvalue weighted by Crippen LogP contribution is -2.27. The van der Waals surface area contributed by atoms with Crippen LogP contribution in [-0.4, -0.2) is 24.5 Å². The van der Waals surface area contributed by atoms with Gasteiger partial charge in [-0.25, -0.2) is 15.0 Å². The van der Waals surface area contributed by atoms with Crippen LogP contribution >= 0.6 is 34.8 Å².